The highest BCUT2D eigenvalue weighted by atomic mass is 32.1. The zero-order valence-electron chi connectivity index (χ0n) is 17.6. The highest BCUT2D eigenvalue weighted by Crippen LogP contribution is 2.30. The Morgan fingerprint density at radius 3 is 2.52 bits per heavy atom. The number of nitrogens with zero attached hydrogens (tertiary/aromatic N) is 3. The van der Waals surface area contributed by atoms with Gasteiger partial charge < -0.3 is 4.74 Å². The molecule has 0 fully saturated rings. The van der Waals surface area contributed by atoms with Crippen LogP contribution in [0.25, 0.3) is 6.08 Å². The zero-order chi connectivity index (χ0) is 23.7. The summed E-state index contributed by atoms with van der Waals surface area (Å²) in [7, 11) is 0. The number of rotatable bonds is 5. The predicted octanol–water partition coefficient (Wildman–Crippen LogP) is 2.85. The minimum absolute atomic E-state index is 0.0559. The number of esters is 1. The molecule has 33 heavy (non-hydrogen) atoms. The van der Waals surface area contributed by atoms with Gasteiger partial charge in [0, 0.05) is 12.1 Å². The molecule has 0 saturated heterocycles. The number of carbonyl (C=O) groups is 1. The minimum Gasteiger partial charge on any atom is -0.463 e. The van der Waals surface area contributed by atoms with Gasteiger partial charge in [-0.2, -0.15) is 0 Å². The fourth-order valence-electron chi connectivity index (χ4n) is 3.60. The average molecular weight is 467 g/mol. The van der Waals surface area contributed by atoms with Crippen LogP contribution in [0.3, 0.4) is 0 Å². The lowest BCUT2D eigenvalue weighted by molar-refractivity contribution is -0.384. The van der Waals surface area contributed by atoms with E-state index in [1.54, 1.807) is 32.1 Å². The van der Waals surface area contributed by atoms with E-state index in [1.165, 1.54) is 41.0 Å². The number of hydrogen-bond donors (Lipinski definition) is 0. The quantitative estimate of drug-likeness (QED) is 0.326. The van der Waals surface area contributed by atoms with Crippen molar-refractivity contribution < 1.29 is 18.8 Å². The number of nitro benzene ring substituents is 1. The van der Waals surface area contributed by atoms with Gasteiger partial charge in [-0.1, -0.05) is 23.5 Å². The van der Waals surface area contributed by atoms with Crippen LogP contribution in [0.4, 0.5) is 10.1 Å². The lowest BCUT2D eigenvalue weighted by atomic mass is 9.96. The number of aromatic nitrogens is 1. The number of hydrogen-bond acceptors (Lipinski definition) is 7. The highest BCUT2D eigenvalue weighted by molar-refractivity contribution is 7.07. The summed E-state index contributed by atoms with van der Waals surface area (Å²) in [5, 5.41) is 10.9. The highest BCUT2D eigenvalue weighted by Gasteiger charge is 2.33. The maximum atomic E-state index is 13.6. The van der Waals surface area contributed by atoms with E-state index in [1.807, 2.05) is 0 Å². The number of fused-ring (bicyclic) bond motifs is 1. The maximum absolute atomic E-state index is 13.6. The van der Waals surface area contributed by atoms with Crippen molar-refractivity contribution in [2.75, 3.05) is 6.61 Å². The summed E-state index contributed by atoms with van der Waals surface area (Å²) in [6.07, 6.45) is 1.61. The topological polar surface area (TPSA) is 104 Å². The second-order valence-corrected chi connectivity index (χ2v) is 8.21. The third-order valence-electron chi connectivity index (χ3n) is 5.10. The Kier molecular flexibility index (Phi) is 6.01. The molecule has 168 valence electrons. The zero-order valence-corrected chi connectivity index (χ0v) is 18.5. The molecule has 0 radical (unpaired) electrons. The molecule has 2 aromatic carbocycles. The maximum Gasteiger partial charge on any atom is 0.338 e. The molecule has 0 aliphatic carbocycles. The molecule has 0 saturated carbocycles. The first-order valence-electron chi connectivity index (χ1n) is 9.99. The summed E-state index contributed by atoms with van der Waals surface area (Å²) in [6.45, 7) is 3.49. The molecule has 0 bridgehead atoms. The molecule has 0 amide bonds. The van der Waals surface area contributed by atoms with E-state index in [0.29, 0.717) is 26.2 Å². The van der Waals surface area contributed by atoms with Gasteiger partial charge in [0.05, 0.1) is 33.4 Å². The average Bonchev–Trinajstić information content (AvgIpc) is 3.08. The van der Waals surface area contributed by atoms with Crippen LogP contribution in [-0.2, 0) is 9.53 Å². The van der Waals surface area contributed by atoms with Gasteiger partial charge in [0.2, 0.25) is 0 Å². The molecule has 1 aliphatic heterocycles. The van der Waals surface area contributed by atoms with Crippen LogP contribution >= 0.6 is 11.3 Å². The van der Waals surface area contributed by atoms with Gasteiger partial charge in [-0.05, 0) is 55.3 Å². The first-order valence-corrected chi connectivity index (χ1v) is 10.8. The molecule has 0 spiro atoms. The number of halogens is 1. The molecule has 1 aromatic heterocycles. The van der Waals surface area contributed by atoms with Crippen LogP contribution in [0.5, 0.6) is 0 Å². The smallest absolute Gasteiger partial charge is 0.338 e. The molecular weight excluding hydrogens is 449 g/mol. The standard InChI is InChI=1S/C23H18FN3O5S/c1-3-32-22(29)19-13(2)25-23-26(20(19)15-6-8-16(24)9-7-15)21(28)18(33-23)12-14-4-10-17(11-5-14)27(30)31/h4-12,20H,3H2,1-2H3. The number of ether oxygens (including phenoxy) is 1. The van der Waals surface area contributed by atoms with Gasteiger partial charge in [0.25, 0.3) is 11.2 Å². The molecule has 3 aromatic rings. The predicted molar refractivity (Wildman–Crippen MR) is 120 cm³/mol. The van der Waals surface area contributed by atoms with Crippen LogP contribution in [0.1, 0.15) is 31.0 Å². The van der Waals surface area contributed by atoms with Crippen molar-refractivity contribution in [3.8, 4) is 0 Å². The third-order valence-corrected chi connectivity index (χ3v) is 6.09. The van der Waals surface area contributed by atoms with Crippen molar-refractivity contribution in [2.45, 2.75) is 19.9 Å². The van der Waals surface area contributed by atoms with Crippen LogP contribution in [-0.4, -0.2) is 22.1 Å². The molecule has 0 N–H and O–H groups in total. The lowest BCUT2D eigenvalue weighted by Crippen LogP contribution is -2.39. The summed E-state index contributed by atoms with van der Waals surface area (Å²) >= 11 is 1.13. The number of non-ortho nitro benzene ring substituents is 1. The van der Waals surface area contributed by atoms with Crippen molar-refractivity contribution in [2.24, 2.45) is 4.99 Å². The first kappa shape index (κ1) is 22.3. The first-order chi connectivity index (χ1) is 15.8. The Morgan fingerprint density at radius 2 is 1.91 bits per heavy atom. The SMILES string of the molecule is CCOC(=O)C1=C(C)N=c2sc(=Cc3ccc([N+](=O)[O-])cc3)c(=O)n2C1c1ccc(F)cc1. The van der Waals surface area contributed by atoms with Crippen molar-refractivity contribution in [3.05, 3.63) is 107 Å². The molecule has 2 heterocycles. The number of carbonyl (C=O) groups excluding carboxylic acids is 1. The van der Waals surface area contributed by atoms with Gasteiger partial charge in [-0.15, -0.1) is 0 Å². The van der Waals surface area contributed by atoms with Crippen molar-refractivity contribution in [1.29, 1.82) is 0 Å². The molecule has 1 atom stereocenters. The molecular formula is C23H18FN3O5S. The van der Waals surface area contributed by atoms with Gasteiger partial charge in [0.15, 0.2) is 4.80 Å². The van der Waals surface area contributed by atoms with E-state index in [-0.39, 0.29) is 23.4 Å². The Bertz CT molecular complexity index is 1450. The van der Waals surface area contributed by atoms with E-state index in [2.05, 4.69) is 4.99 Å². The van der Waals surface area contributed by atoms with Crippen LogP contribution in [0.2, 0.25) is 0 Å². The van der Waals surface area contributed by atoms with Gasteiger partial charge in [-0.3, -0.25) is 19.5 Å². The second-order valence-electron chi connectivity index (χ2n) is 7.20. The summed E-state index contributed by atoms with van der Waals surface area (Å²) in [5.74, 6) is -1.04. The Hall–Kier alpha value is -3.92. The van der Waals surface area contributed by atoms with E-state index in [4.69, 9.17) is 4.74 Å². The molecule has 1 aliphatic rings. The van der Waals surface area contributed by atoms with Crippen molar-refractivity contribution in [1.82, 2.24) is 4.57 Å². The third kappa shape index (κ3) is 4.24. The number of nitro groups is 1. The lowest BCUT2D eigenvalue weighted by Gasteiger charge is -2.24. The molecule has 1 unspecified atom stereocenters. The fourth-order valence-corrected chi connectivity index (χ4v) is 4.64. The summed E-state index contributed by atoms with van der Waals surface area (Å²) < 4.78 is 20.5. The fraction of sp³-hybridized carbons (Fsp3) is 0.174. The van der Waals surface area contributed by atoms with Crippen LogP contribution < -0.4 is 14.9 Å². The molecule has 10 heteroatoms. The van der Waals surface area contributed by atoms with E-state index < -0.39 is 22.8 Å². The largest absolute Gasteiger partial charge is 0.463 e. The van der Waals surface area contributed by atoms with E-state index in [9.17, 15) is 24.1 Å². The Morgan fingerprint density at radius 1 is 1.24 bits per heavy atom. The van der Waals surface area contributed by atoms with Gasteiger partial charge >= 0.3 is 5.97 Å². The van der Waals surface area contributed by atoms with Crippen LogP contribution in [0.15, 0.2) is 69.6 Å². The summed E-state index contributed by atoms with van der Waals surface area (Å²) in [4.78, 5) is 41.4. The Labute approximate surface area is 190 Å². The Balaban J connectivity index is 1.90. The molecule has 8 nitrogen and oxygen atoms in total. The monoisotopic (exact) mass is 467 g/mol. The summed E-state index contributed by atoms with van der Waals surface area (Å²) in [6, 6.07) is 10.5. The second kappa shape index (κ2) is 8.91. The van der Waals surface area contributed by atoms with E-state index in [0.717, 1.165) is 11.3 Å². The number of benzene rings is 2. The normalized spacial score (nSPS) is 15.7. The van der Waals surface area contributed by atoms with E-state index >= 15 is 0 Å². The number of allylic oxidation sites excluding steroid dienone is 1. The number of thiazole rings is 1. The van der Waals surface area contributed by atoms with Crippen molar-refractivity contribution in [3.63, 3.8) is 0 Å². The van der Waals surface area contributed by atoms with Crippen LogP contribution in [0, 0.1) is 15.9 Å². The van der Waals surface area contributed by atoms with Gasteiger partial charge in [0.1, 0.15) is 5.82 Å². The minimum atomic E-state index is -0.833. The summed E-state index contributed by atoms with van der Waals surface area (Å²) in [5.41, 5.74) is 1.31. The van der Waals surface area contributed by atoms with Crippen molar-refractivity contribution >= 4 is 29.1 Å². The van der Waals surface area contributed by atoms with Gasteiger partial charge in [-0.25, -0.2) is 14.2 Å². The molecule has 4 rings (SSSR count).